The molecule has 0 bridgehead atoms. The molecule has 100 valence electrons. The van der Waals surface area contributed by atoms with Crippen LogP contribution in [-0.4, -0.2) is 45.8 Å². The molecular weight excluding hydrogens is 250 g/mol. The first-order valence-electron chi connectivity index (χ1n) is 6.13. The molecule has 0 spiro atoms. The summed E-state index contributed by atoms with van der Waals surface area (Å²) in [6.07, 6.45) is 4.00. The van der Waals surface area contributed by atoms with Crippen LogP contribution >= 0.6 is 0 Å². The van der Waals surface area contributed by atoms with Gasteiger partial charge in [-0.3, -0.25) is 0 Å². The molecule has 0 radical (unpaired) electrons. The van der Waals surface area contributed by atoms with Gasteiger partial charge in [0.15, 0.2) is 9.84 Å². The fourth-order valence-corrected chi connectivity index (χ4v) is 2.84. The van der Waals surface area contributed by atoms with Gasteiger partial charge in [0.1, 0.15) is 5.82 Å². The van der Waals surface area contributed by atoms with Crippen LogP contribution in [0, 0.1) is 0 Å². The van der Waals surface area contributed by atoms with E-state index >= 15 is 0 Å². The van der Waals surface area contributed by atoms with E-state index < -0.39 is 9.84 Å². The average Bonchev–Trinajstić information content (AvgIpc) is 2.56. The molecular formula is C12H19N3O2S. The lowest BCUT2D eigenvalue weighted by Gasteiger charge is -2.21. The fraction of sp³-hybridized carbons (Fsp3) is 0.583. The Morgan fingerprint density at radius 2 is 2.17 bits per heavy atom. The maximum atomic E-state index is 11.2. The summed E-state index contributed by atoms with van der Waals surface area (Å²) in [5, 5.41) is 3.34. The summed E-state index contributed by atoms with van der Waals surface area (Å²) in [6.45, 7) is 3.94. The minimum atomic E-state index is -2.98. The Hall–Kier alpha value is -1.14. The predicted octanol–water partition coefficient (Wildman–Crippen LogP) is 0.426. The van der Waals surface area contributed by atoms with Crippen molar-refractivity contribution in [3.8, 4) is 0 Å². The molecule has 1 aromatic rings. The number of nitrogens with one attached hydrogen (secondary N) is 1. The number of pyridine rings is 1. The number of nitrogens with zero attached hydrogens (tertiary/aromatic N) is 2. The fourth-order valence-electron chi connectivity index (χ4n) is 2.07. The number of aromatic nitrogens is 1. The lowest BCUT2D eigenvalue weighted by molar-refractivity contribution is 0.601. The molecule has 2 heterocycles. The number of hydrogen-bond donors (Lipinski definition) is 1. The highest BCUT2D eigenvalue weighted by Crippen LogP contribution is 2.13. The van der Waals surface area contributed by atoms with Gasteiger partial charge >= 0.3 is 0 Å². The average molecular weight is 269 g/mol. The molecule has 5 nitrogen and oxygen atoms in total. The van der Waals surface area contributed by atoms with Crippen LogP contribution in [0.3, 0.4) is 0 Å². The summed E-state index contributed by atoms with van der Waals surface area (Å²) in [5.41, 5.74) is 0.745. The number of hydrogen-bond acceptors (Lipinski definition) is 5. The summed E-state index contributed by atoms with van der Waals surface area (Å²) in [5.74, 6) is 0.984. The Morgan fingerprint density at radius 1 is 1.33 bits per heavy atom. The SMILES string of the molecule is CS(=O)(=O)Cc1ccc(N2CCCNCC2)nc1. The molecule has 1 aromatic heterocycles. The van der Waals surface area contributed by atoms with E-state index in [9.17, 15) is 8.42 Å². The lowest BCUT2D eigenvalue weighted by Crippen LogP contribution is -2.28. The van der Waals surface area contributed by atoms with Gasteiger partial charge in [0, 0.05) is 32.1 Å². The van der Waals surface area contributed by atoms with E-state index in [2.05, 4.69) is 15.2 Å². The van der Waals surface area contributed by atoms with Gasteiger partial charge in [-0.2, -0.15) is 0 Å². The van der Waals surface area contributed by atoms with Crippen LogP contribution in [0.5, 0.6) is 0 Å². The topological polar surface area (TPSA) is 62.3 Å². The molecule has 1 aliphatic heterocycles. The molecule has 0 atom stereocenters. The van der Waals surface area contributed by atoms with Crippen molar-refractivity contribution in [2.45, 2.75) is 12.2 Å². The maximum absolute atomic E-state index is 11.2. The number of anilines is 1. The van der Waals surface area contributed by atoms with E-state index in [1.165, 1.54) is 6.26 Å². The summed E-state index contributed by atoms with van der Waals surface area (Å²) in [4.78, 5) is 6.59. The van der Waals surface area contributed by atoms with Gasteiger partial charge in [0.2, 0.25) is 0 Å². The smallest absolute Gasteiger partial charge is 0.151 e. The first-order chi connectivity index (χ1) is 8.54. The first-order valence-corrected chi connectivity index (χ1v) is 8.19. The predicted molar refractivity (Wildman–Crippen MR) is 72.5 cm³/mol. The molecule has 1 saturated heterocycles. The van der Waals surface area contributed by atoms with Gasteiger partial charge in [-0.25, -0.2) is 13.4 Å². The van der Waals surface area contributed by atoms with E-state index in [-0.39, 0.29) is 5.75 Å². The van der Waals surface area contributed by atoms with Crippen molar-refractivity contribution in [2.24, 2.45) is 0 Å². The van der Waals surface area contributed by atoms with Gasteiger partial charge in [0.05, 0.1) is 5.75 Å². The molecule has 1 aliphatic rings. The number of sulfone groups is 1. The quantitative estimate of drug-likeness (QED) is 0.862. The summed E-state index contributed by atoms with van der Waals surface area (Å²) in [7, 11) is -2.98. The third-order valence-corrected chi connectivity index (χ3v) is 3.76. The Balaban J connectivity index is 2.06. The Morgan fingerprint density at radius 3 is 2.83 bits per heavy atom. The van der Waals surface area contributed by atoms with Crippen LogP contribution in [0.2, 0.25) is 0 Å². The van der Waals surface area contributed by atoms with Gasteiger partial charge < -0.3 is 10.2 Å². The lowest BCUT2D eigenvalue weighted by atomic mass is 10.3. The zero-order valence-corrected chi connectivity index (χ0v) is 11.4. The van der Waals surface area contributed by atoms with Crippen molar-refractivity contribution in [2.75, 3.05) is 37.3 Å². The van der Waals surface area contributed by atoms with E-state index in [1.54, 1.807) is 6.20 Å². The van der Waals surface area contributed by atoms with Crippen molar-refractivity contribution >= 4 is 15.7 Å². The van der Waals surface area contributed by atoms with E-state index in [1.807, 2.05) is 12.1 Å². The molecule has 6 heteroatoms. The van der Waals surface area contributed by atoms with Crippen LogP contribution in [0.4, 0.5) is 5.82 Å². The Bertz CT molecular complexity index is 477. The zero-order chi connectivity index (χ0) is 13.0. The normalized spacial score (nSPS) is 17.5. The molecule has 0 aliphatic carbocycles. The van der Waals surface area contributed by atoms with Crippen molar-refractivity contribution in [3.05, 3.63) is 23.9 Å². The van der Waals surface area contributed by atoms with Crippen LogP contribution in [0.15, 0.2) is 18.3 Å². The third-order valence-electron chi connectivity index (χ3n) is 2.90. The summed E-state index contributed by atoms with van der Waals surface area (Å²) >= 11 is 0. The van der Waals surface area contributed by atoms with E-state index in [0.29, 0.717) is 0 Å². The molecule has 1 fully saturated rings. The second-order valence-corrected chi connectivity index (χ2v) is 6.83. The maximum Gasteiger partial charge on any atom is 0.151 e. The monoisotopic (exact) mass is 269 g/mol. The van der Waals surface area contributed by atoms with Crippen molar-refractivity contribution in [3.63, 3.8) is 0 Å². The van der Waals surface area contributed by atoms with Crippen LogP contribution in [-0.2, 0) is 15.6 Å². The van der Waals surface area contributed by atoms with E-state index in [0.717, 1.165) is 44.0 Å². The molecule has 0 amide bonds. The largest absolute Gasteiger partial charge is 0.355 e. The number of rotatable bonds is 3. The second kappa shape index (κ2) is 5.67. The standard InChI is InChI=1S/C12H19N3O2S/c1-18(16,17)10-11-3-4-12(14-9-11)15-7-2-5-13-6-8-15/h3-4,9,13H,2,5-8,10H2,1H3. The van der Waals surface area contributed by atoms with E-state index in [4.69, 9.17) is 0 Å². The zero-order valence-electron chi connectivity index (χ0n) is 10.6. The summed E-state index contributed by atoms with van der Waals surface area (Å²) in [6, 6.07) is 3.76. The second-order valence-electron chi connectivity index (χ2n) is 4.69. The molecule has 18 heavy (non-hydrogen) atoms. The Labute approximate surface area is 108 Å². The Kier molecular flexibility index (Phi) is 4.19. The van der Waals surface area contributed by atoms with Crippen LogP contribution in [0.1, 0.15) is 12.0 Å². The molecule has 1 N–H and O–H groups in total. The van der Waals surface area contributed by atoms with Crippen molar-refractivity contribution < 1.29 is 8.42 Å². The van der Waals surface area contributed by atoms with Crippen molar-refractivity contribution in [1.82, 2.24) is 10.3 Å². The molecule has 2 rings (SSSR count). The highest BCUT2D eigenvalue weighted by molar-refractivity contribution is 7.89. The van der Waals surface area contributed by atoms with Gasteiger partial charge in [0.25, 0.3) is 0 Å². The minimum Gasteiger partial charge on any atom is -0.355 e. The van der Waals surface area contributed by atoms with Crippen LogP contribution < -0.4 is 10.2 Å². The summed E-state index contributed by atoms with van der Waals surface area (Å²) < 4.78 is 22.4. The molecule has 0 saturated carbocycles. The first kappa shape index (κ1) is 13.3. The third kappa shape index (κ3) is 3.96. The highest BCUT2D eigenvalue weighted by Gasteiger charge is 2.11. The molecule has 0 aromatic carbocycles. The van der Waals surface area contributed by atoms with Gasteiger partial charge in [-0.15, -0.1) is 0 Å². The van der Waals surface area contributed by atoms with Crippen molar-refractivity contribution in [1.29, 1.82) is 0 Å². The minimum absolute atomic E-state index is 0.0574. The van der Waals surface area contributed by atoms with Crippen LogP contribution in [0.25, 0.3) is 0 Å². The van der Waals surface area contributed by atoms with Gasteiger partial charge in [-0.05, 0) is 24.6 Å². The molecule has 0 unspecified atom stereocenters. The highest BCUT2D eigenvalue weighted by atomic mass is 32.2. The van der Waals surface area contributed by atoms with Gasteiger partial charge in [-0.1, -0.05) is 6.07 Å².